The van der Waals surface area contributed by atoms with E-state index in [4.69, 9.17) is 4.74 Å². The number of carboxylic acid groups (broad SMARTS) is 1. The van der Waals surface area contributed by atoms with Gasteiger partial charge in [-0.25, -0.2) is 14.6 Å². The molecule has 1 aromatic heterocycles. The number of benzene rings is 2. The molecule has 0 fully saturated rings. The quantitative estimate of drug-likeness (QED) is 0.575. The first kappa shape index (κ1) is 19.9. The number of ether oxygens (including phenoxy) is 1. The second kappa shape index (κ2) is 8.88. The lowest BCUT2D eigenvalue weighted by Crippen LogP contribution is -2.41. The van der Waals surface area contributed by atoms with Gasteiger partial charge in [0.05, 0.1) is 11.0 Å². The highest BCUT2D eigenvalue weighted by molar-refractivity contribution is 9.10. The van der Waals surface area contributed by atoms with Gasteiger partial charge in [-0.2, -0.15) is 0 Å². The molecule has 28 heavy (non-hydrogen) atoms. The Bertz CT molecular complexity index is 988. The van der Waals surface area contributed by atoms with Crippen LogP contribution < -0.4 is 5.32 Å². The van der Waals surface area contributed by atoms with E-state index in [9.17, 15) is 14.7 Å². The van der Waals surface area contributed by atoms with Crippen molar-refractivity contribution in [3.05, 3.63) is 64.4 Å². The summed E-state index contributed by atoms with van der Waals surface area (Å²) in [5, 5.41) is 11.9. The molecule has 0 spiro atoms. The average Bonchev–Trinajstić information content (AvgIpc) is 3.00. The van der Waals surface area contributed by atoms with Gasteiger partial charge in [0.2, 0.25) is 0 Å². The van der Waals surface area contributed by atoms with Crippen LogP contribution in [0.25, 0.3) is 11.0 Å². The molecule has 3 rings (SSSR count). The number of amides is 1. The van der Waals surface area contributed by atoms with E-state index in [0.29, 0.717) is 6.54 Å². The molecule has 1 unspecified atom stereocenters. The van der Waals surface area contributed by atoms with Crippen LogP contribution in [0, 0.1) is 6.92 Å². The molecule has 0 aliphatic heterocycles. The molecular formula is C20H20BrN3O4. The van der Waals surface area contributed by atoms with Crippen molar-refractivity contribution in [3.8, 4) is 0 Å². The van der Waals surface area contributed by atoms with Crippen LogP contribution in [-0.4, -0.2) is 32.8 Å². The Morgan fingerprint density at radius 3 is 2.68 bits per heavy atom. The van der Waals surface area contributed by atoms with Crippen LogP contribution in [-0.2, 0) is 22.7 Å². The minimum Gasteiger partial charge on any atom is -0.480 e. The summed E-state index contributed by atoms with van der Waals surface area (Å²) in [6.45, 7) is 2.34. The lowest BCUT2D eigenvalue weighted by atomic mass is 10.2. The maximum absolute atomic E-state index is 12.0. The summed E-state index contributed by atoms with van der Waals surface area (Å²) in [6, 6.07) is 13.8. The summed E-state index contributed by atoms with van der Waals surface area (Å²) >= 11 is 3.51. The number of nitrogens with one attached hydrogen (secondary N) is 1. The predicted molar refractivity (Wildman–Crippen MR) is 108 cm³/mol. The van der Waals surface area contributed by atoms with Crippen molar-refractivity contribution in [2.45, 2.75) is 32.5 Å². The molecule has 2 aromatic carbocycles. The fraction of sp³-hybridized carbons (Fsp3) is 0.250. The Kier molecular flexibility index (Phi) is 6.30. The molecule has 0 bridgehead atoms. The maximum atomic E-state index is 12.0. The number of halogens is 1. The smallest absolute Gasteiger partial charge is 0.408 e. The van der Waals surface area contributed by atoms with E-state index >= 15 is 0 Å². The first-order valence-electron chi connectivity index (χ1n) is 8.77. The zero-order chi connectivity index (χ0) is 20.1. The van der Waals surface area contributed by atoms with E-state index < -0.39 is 18.1 Å². The summed E-state index contributed by atoms with van der Waals surface area (Å²) in [5.41, 5.74) is 2.56. The Morgan fingerprint density at radius 2 is 1.96 bits per heavy atom. The number of aryl methyl sites for hydroxylation is 2. The summed E-state index contributed by atoms with van der Waals surface area (Å²) in [7, 11) is 0. The summed E-state index contributed by atoms with van der Waals surface area (Å²) in [6.07, 6.45) is -0.562. The largest absolute Gasteiger partial charge is 0.480 e. The van der Waals surface area contributed by atoms with E-state index in [1.165, 1.54) is 0 Å². The van der Waals surface area contributed by atoms with Gasteiger partial charge in [-0.1, -0.05) is 36.4 Å². The number of hydrogen-bond acceptors (Lipinski definition) is 4. The summed E-state index contributed by atoms with van der Waals surface area (Å²) < 4.78 is 7.94. The highest BCUT2D eigenvalue weighted by atomic mass is 79.9. The third kappa shape index (κ3) is 4.69. The van der Waals surface area contributed by atoms with E-state index in [2.05, 4.69) is 26.2 Å². The molecule has 0 aliphatic carbocycles. The van der Waals surface area contributed by atoms with Gasteiger partial charge in [-0.05, 0) is 47.0 Å². The minimum atomic E-state index is -1.11. The van der Waals surface area contributed by atoms with Crippen LogP contribution in [0.3, 0.4) is 0 Å². The Hall–Kier alpha value is -2.87. The zero-order valence-electron chi connectivity index (χ0n) is 15.3. The number of alkyl carbamates (subject to hydrolysis) is 1. The Labute approximate surface area is 170 Å². The number of carbonyl (C=O) groups is 2. The second-order valence-corrected chi connectivity index (χ2v) is 7.16. The molecule has 0 aliphatic rings. The van der Waals surface area contributed by atoms with Gasteiger partial charge in [0, 0.05) is 11.0 Å². The highest BCUT2D eigenvalue weighted by Gasteiger charge is 2.22. The SMILES string of the molecule is Cc1nc2cccc(Br)c2n1CCC(NC(=O)OCc1ccccc1)C(=O)O. The van der Waals surface area contributed by atoms with Gasteiger partial charge in [0.1, 0.15) is 18.5 Å². The molecule has 2 N–H and O–H groups in total. The monoisotopic (exact) mass is 445 g/mol. The first-order chi connectivity index (χ1) is 13.5. The third-order valence-corrected chi connectivity index (χ3v) is 4.99. The topological polar surface area (TPSA) is 93.5 Å². The van der Waals surface area contributed by atoms with Crippen molar-refractivity contribution in [1.29, 1.82) is 0 Å². The number of rotatable bonds is 7. The van der Waals surface area contributed by atoms with Crippen molar-refractivity contribution < 1.29 is 19.4 Å². The number of imidazole rings is 1. The normalized spacial score (nSPS) is 11.9. The number of aromatic nitrogens is 2. The van der Waals surface area contributed by atoms with Crippen molar-refractivity contribution in [2.24, 2.45) is 0 Å². The lowest BCUT2D eigenvalue weighted by Gasteiger charge is -2.16. The van der Waals surface area contributed by atoms with Gasteiger partial charge in [-0.15, -0.1) is 0 Å². The molecular weight excluding hydrogens is 426 g/mol. The molecule has 8 heteroatoms. The summed E-state index contributed by atoms with van der Waals surface area (Å²) in [4.78, 5) is 28.1. The predicted octanol–water partition coefficient (Wildman–Crippen LogP) is 3.88. The molecule has 3 aromatic rings. The van der Waals surface area contributed by atoms with Crippen LogP contribution >= 0.6 is 15.9 Å². The van der Waals surface area contributed by atoms with Gasteiger partial charge in [0.15, 0.2) is 0 Å². The van der Waals surface area contributed by atoms with E-state index in [0.717, 1.165) is 26.9 Å². The number of hydrogen-bond donors (Lipinski definition) is 2. The number of fused-ring (bicyclic) bond motifs is 1. The van der Waals surface area contributed by atoms with Crippen molar-refractivity contribution in [3.63, 3.8) is 0 Å². The van der Waals surface area contributed by atoms with Gasteiger partial charge < -0.3 is 19.7 Å². The molecule has 0 radical (unpaired) electrons. The lowest BCUT2D eigenvalue weighted by molar-refractivity contribution is -0.139. The molecule has 0 saturated carbocycles. The Morgan fingerprint density at radius 1 is 1.21 bits per heavy atom. The van der Waals surface area contributed by atoms with Gasteiger partial charge in [-0.3, -0.25) is 0 Å². The maximum Gasteiger partial charge on any atom is 0.408 e. The van der Waals surface area contributed by atoms with Crippen molar-refractivity contribution in [2.75, 3.05) is 0 Å². The molecule has 1 amide bonds. The molecule has 0 saturated heterocycles. The number of nitrogens with zero attached hydrogens (tertiary/aromatic N) is 2. The van der Waals surface area contributed by atoms with E-state index in [-0.39, 0.29) is 13.0 Å². The number of para-hydroxylation sites is 1. The second-order valence-electron chi connectivity index (χ2n) is 6.30. The van der Waals surface area contributed by atoms with Crippen molar-refractivity contribution in [1.82, 2.24) is 14.9 Å². The summed E-state index contributed by atoms with van der Waals surface area (Å²) in [5.74, 6) is -0.338. The van der Waals surface area contributed by atoms with Crippen molar-refractivity contribution >= 4 is 39.0 Å². The molecule has 1 atom stereocenters. The third-order valence-electron chi connectivity index (χ3n) is 4.35. The number of aliphatic carboxylic acids is 1. The zero-order valence-corrected chi connectivity index (χ0v) is 16.8. The fourth-order valence-corrected chi connectivity index (χ4v) is 3.52. The number of carboxylic acids is 1. The van der Waals surface area contributed by atoms with E-state index in [1.54, 1.807) is 0 Å². The Balaban J connectivity index is 1.63. The fourth-order valence-electron chi connectivity index (χ4n) is 2.95. The van der Waals surface area contributed by atoms with Gasteiger partial charge >= 0.3 is 12.1 Å². The average molecular weight is 446 g/mol. The van der Waals surface area contributed by atoms with Crippen LogP contribution in [0.1, 0.15) is 17.8 Å². The van der Waals surface area contributed by atoms with Crippen LogP contribution in [0.15, 0.2) is 53.0 Å². The molecule has 7 nitrogen and oxygen atoms in total. The highest BCUT2D eigenvalue weighted by Crippen LogP contribution is 2.25. The van der Waals surface area contributed by atoms with Crippen LogP contribution in [0.5, 0.6) is 0 Å². The van der Waals surface area contributed by atoms with E-state index in [1.807, 2.05) is 60.0 Å². The number of carbonyl (C=O) groups excluding carboxylic acids is 1. The molecule has 146 valence electrons. The minimum absolute atomic E-state index is 0.0806. The first-order valence-corrected chi connectivity index (χ1v) is 9.56. The van der Waals surface area contributed by atoms with Crippen LogP contribution in [0.4, 0.5) is 4.79 Å². The van der Waals surface area contributed by atoms with Crippen LogP contribution in [0.2, 0.25) is 0 Å². The standard InChI is InChI=1S/C20H20BrN3O4/c1-13-22-16-9-5-8-15(21)18(16)24(13)11-10-17(19(25)26)23-20(27)28-12-14-6-3-2-4-7-14/h2-9,17H,10-12H2,1H3,(H,23,27)(H,25,26). The van der Waals surface area contributed by atoms with Gasteiger partial charge in [0.25, 0.3) is 0 Å². The molecule has 1 heterocycles.